The van der Waals surface area contributed by atoms with Gasteiger partial charge in [0.05, 0.1) is 11.8 Å². The van der Waals surface area contributed by atoms with Crippen molar-refractivity contribution in [2.24, 2.45) is 16.7 Å². The van der Waals surface area contributed by atoms with Crippen LogP contribution < -0.4 is 4.90 Å². The Morgan fingerprint density at radius 3 is 1.35 bits per heavy atom. The normalized spacial score (nSPS) is 16.4. The van der Waals surface area contributed by atoms with Crippen molar-refractivity contribution in [3.8, 4) is 0 Å². The molecule has 276 valence electrons. The highest BCUT2D eigenvalue weighted by Crippen LogP contribution is 2.34. The minimum Gasteiger partial charge on any atom is -0.378 e. The Hall–Kier alpha value is -2.20. The number of Topliss-reactive ketones (excluding diaryl/α,β-unsaturated/α-hetero) is 5. The molecular weight excluding hydrogens is 677 g/mol. The highest BCUT2D eigenvalue weighted by molar-refractivity contribution is 6.62. The second kappa shape index (κ2) is 25.7. The number of pyridine rings is 1. The molecule has 1 aromatic heterocycles. The standard InChI is InChI=1S/C10H14O3.C8H19N.C8H12O2.C7H10N2.C2H3ClO.CH2Cl2/c1-6(11)9-7(12)4-10(2,3)5-8(9)13;1-6-9(7(2)3)8(4)5;1-8(2)4-6(9)3-7(10)5-8;1-9(2)7-3-5-8-6-4-7;1-2(3)4;2-1-3/h9H,4-5H2,1-3H3;7-8H,6H2,1-5H3;3-5H2,1-2H3;3-6H,1-2H3;1H3;1H2. The molecule has 0 spiro atoms. The number of halogens is 3. The molecule has 2 aliphatic carbocycles. The first-order valence-corrected chi connectivity index (χ1v) is 17.5. The van der Waals surface area contributed by atoms with E-state index in [2.05, 4.69) is 56.1 Å². The topological polar surface area (TPSA) is 122 Å². The molecule has 0 atom stereocenters. The number of hydrogen-bond acceptors (Lipinski definition) is 9. The molecule has 9 nitrogen and oxygen atoms in total. The van der Waals surface area contributed by atoms with Gasteiger partial charge in [0.15, 0.2) is 11.6 Å². The van der Waals surface area contributed by atoms with Crippen molar-refractivity contribution in [1.82, 2.24) is 9.88 Å². The summed E-state index contributed by atoms with van der Waals surface area (Å²) in [5.74, 6) is -1.51. The third-order valence-corrected chi connectivity index (χ3v) is 6.97. The minimum absolute atomic E-state index is 0.0770. The largest absolute Gasteiger partial charge is 0.378 e. The van der Waals surface area contributed by atoms with Gasteiger partial charge in [-0.05, 0) is 75.7 Å². The summed E-state index contributed by atoms with van der Waals surface area (Å²) < 4.78 is 0. The third kappa shape index (κ3) is 25.8. The number of ketones is 5. The molecule has 0 saturated heterocycles. The second-order valence-electron chi connectivity index (χ2n) is 14.0. The SMILES string of the molecule is CC(=O)C1C(=O)CC(C)(C)CC1=O.CC(=O)Cl.CC1(C)CC(=O)CC(=O)C1.CCN(C(C)C)C(C)C.CN(C)c1ccncc1.ClCCl. The maximum absolute atomic E-state index is 11.4. The van der Waals surface area contributed by atoms with E-state index in [0.717, 1.165) is 6.54 Å². The van der Waals surface area contributed by atoms with Crippen LogP contribution in [0.3, 0.4) is 0 Å². The molecular formula is C36H60Cl3N3O6. The van der Waals surface area contributed by atoms with Crippen LogP contribution in [0.25, 0.3) is 0 Å². The van der Waals surface area contributed by atoms with Gasteiger partial charge in [-0.3, -0.25) is 38.7 Å². The molecule has 3 rings (SSSR count). The molecule has 0 aliphatic heterocycles. The molecule has 2 fully saturated rings. The molecule has 0 aromatic carbocycles. The van der Waals surface area contributed by atoms with Gasteiger partial charge in [0, 0.05) is 76.9 Å². The fraction of sp³-hybridized carbons (Fsp3) is 0.694. The van der Waals surface area contributed by atoms with Crippen molar-refractivity contribution in [2.45, 2.75) is 120 Å². The van der Waals surface area contributed by atoms with Gasteiger partial charge in [0.1, 0.15) is 23.3 Å². The predicted octanol–water partition coefficient (Wildman–Crippen LogP) is 7.95. The summed E-state index contributed by atoms with van der Waals surface area (Å²) in [7, 11) is 4.02. The Bertz CT molecular complexity index is 1090. The zero-order valence-corrected chi connectivity index (χ0v) is 33.7. The lowest BCUT2D eigenvalue weighted by Crippen LogP contribution is -2.40. The van der Waals surface area contributed by atoms with Crippen molar-refractivity contribution < 1.29 is 28.8 Å². The molecule has 2 saturated carbocycles. The van der Waals surface area contributed by atoms with Crippen LogP contribution >= 0.6 is 34.8 Å². The van der Waals surface area contributed by atoms with E-state index in [9.17, 15) is 28.8 Å². The van der Waals surface area contributed by atoms with E-state index >= 15 is 0 Å². The summed E-state index contributed by atoms with van der Waals surface area (Å²) in [4.78, 5) is 73.2. The van der Waals surface area contributed by atoms with Gasteiger partial charge < -0.3 is 4.90 Å². The molecule has 0 N–H and O–H groups in total. The van der Waals surface area contributed by atoms with Gasteiger partial charge in [0.2, 0.25) is 5.24 Å². The summed E-state index contributed by atoms with van der Waals surface area (Å²) >= 11 is 14.2. The van der Waals surface area contributed by atoms with Crippen LogP contribution in [-0.4, -0.2) is 82.1 Å². The first-order valence-electron chi connectivity index (χ1n) is 16.1. The number of carbonyl (C=O) groups is 6. The Kier molecular flexibility index (Phi) is 26.9. The average Bonchev–Trinajstić information content (AvgIpc) is 2.87. The first-order chi connectivity index (χ1) is 21.9. The van der Waals surface area contributed by atoms with Crippen molar-refractivity contribution >= 4 is 74.6 Å². The van der Waals surface area contributed by atoms with Crippen LogP contribution in [-0.2, 0) is 28.8 Å². The zero-order chi connectivity index (χ0) is 38.4. The van der Waals surface area contributed by atoms with Crippen molar-refractivity contribution in [3.63, 3.8) is 0 Å². The lowest BCUT2D eigenvalue weighted by molar-refractivity contribution is -0.144. The zero-order valence-electron chi connectivity index (χ0n) is 31.4. The molecule has 48 heavy (non-hydrogen) atoms. The Labute approximate surface area is 304 Å². The number of rotatable bonds is 5. The summed E-state index contributed by atoms with van der Waals surface area (Å²) in [6, 6.07) is 5.32. The summed E-state index contributed by atoms with van der Waals surface area (Å²) in [6.07, 6.45) is 5.55. The van der Waals surface area contributed by atoms with E-state index in [1.54, 1.807) is 12.4 Å². The highest BCUT2D eigenvalue weighted by Gasteiger charge is 2.41. The number of alkyl halides is 2. The maximum atomic E-state index is 11.4. The quantitative estimate of drug-likeness (QED) is 0.168. The number of nitrogens with zero attached hydrogens (tertiary/aromatic N) is 3. The predicted molar refractivity (Wildman–Crippen MR) is 199 cm³/mol. The smallest absolute Gasteiger partial charge is 0.218 e. The number of aromatic nitrogens is 1. The first kappa shape index (κ1) is 50.2. The number of carbonyl (C=O) groups excluding carboxylic acids is 6. The summed E-state index contributed by atoms with van der Waals surface area (Å²) in [6.45, 7) is 22.6. The monoisotopic (exact) mass is 735 g/mol. The molecule has 0 radical (unpaired) electrons. The van der Waals surface area contributed by atoms with E-state index in [1.165, 1.54) is 19.5 Å². The van der Waals surface area contributed by atoms with Gasteiger partial charge in [-0.1, -0.05) is 34.6 Å². The lowest BCUT2D eigenvalue weighted by Gasteiger charge is -2.30. The fourth-order valence-electron chi connectivity index (χ4n) is 5.29. The van der Waals surface area contributed by atoms with Crippen LogP contribution in [0.15, 0.2) is 24.5 Å². The number of hydrogen-bond donors (Lipinski definition) is 0. The summed E-state index contributed by atoms with van der Waals surface area (Å²) in [5, 5.41) is -0.167. The average molecular weight is 737 g/mol. The molecule has 0 unspecified atom stereocenters. The molecule has 0 amide bonds. The number of anilines is 1. The molecule has 0 bridgehead atoms. The van der Waals surface area contributed by atoms with E-state index in [1.807, 2.05) is 58.8 Å². The third-order valence-electron chi connectivity index (χ3n) is 6.97. The fourth-order valence-corrected chi connectivity index (χ4v) is 5.29. The second-order valence-corrected chi connectivity index (χ2v) is 15.3. The lowest BCUT2D eigenvalue weighted by atomic mass is 9.70. The van der Waals surface area contributed by atoms with Crippen LogP contribution in [0.2, 0.25) is 0 Å². The van der Waals surface area contributed by atoms with Crippen molar-refractivity contribution in [1.29, 1.82) is 0 Å². The molecule has 12 heteroatoms. The van der Waals surface area contributed by atoms with Gasteiger partial charge >= 0.3 is 0 Å². The minimum atomic E-state index is -0.965. The maximum Gasteiger partial charge on any atom is 0.218 e. The highest BCUT2D eigenvalue weighted by atomic mass is 35.5. The van der Waals surface area contributed by atoms with E-state index < -0.39 is 5.92 Å². The van der Waals surface area contributed by atoms with Crippen LogP contribution in [0.4, 0.5) is 5.69 Å². The molecule has 2 aliphatic rings. The van der Waals surface area contributed by atoms with E-state index in [-0.39, 0.29) is 56.7 Å². The van der Waals surface area contributed by atoms with E-state index in [0.29, 0.717) is 37.8 Å². The van der Waals surface area contributed by atoms with Gasteiger partial charge in [-0.15, -0.1) is 23.2 Å². The van der Waals surface area contributed by atoms with Crippen LogP contribution in [0.1, 0.15) is 108 Å². The van der Waals surface area contributed by atoms with Crippen molar-refractivity contribution in [2.75, 3.05) is 30.9 Å². The van der Waals surface area contributed by atoms with Gasteiger partial charge in [-0.2, -0.15) is 0 Å². The van der Waals surface area contributed by atoms with E-state index in [4.69, 9.17) is 23.2 Å². The Balaban J connectivity index is -0.000000532. The Morgan fingerprint density at radius 2 is 1.15 bits per heavy atom. The van der Waals surface area contributed by atoms with Crippen LogP contribution in [0.5, 0.6) is 0 Å². The van der Waals surface area contributed by atoms with Gasteiger partial charge in [-0.25, -0.2) is 0 Å². The van der Waals surface area contributed by atoms with Crippen molar-refractivity contribution in [3.05, 3.63) is 24.5 Å². The summed E-state index contributed by atoms with van der Waals surface area (Å²) in [5.41, 5.74) is 0.844. The van der Waals surface area contributed by atoms with Crippen LogP contribution in [0, 0.1) is 16.7 Å². The van der Waals surface area contributed by atoms with Gasteiger partial charge in [0.25, 0.3) is 0 Å². The Morgan fingerprint density at radius 1 is 0.812 bits per heavy atom. The molecule has 1 aromatic rings. The molecule has 1 heterocycles.